The van der Waals surface area contributed by atoms with Gasteiger partial charge in [0.05, 0.1) is 5.97 Å². The minimum absolute atomic E-state index is 0. The molecule has 74 valence electrons. The summed E-state index contributed by atoms with van der Waals surface area (Å²) in [5, 5.41) is 10.1. The second-order valence-corrected chi connectivity index (χ2v) is 1.58. The van der Waals surface area contributed by atoms with Gasteiger partial charge < -0.3 is 26.3 Å². The van der Waals surface area contributed by atoms with Crippen LogP contribution >= 0.6 is 0 Å². The van der Waals surface area contributed by atoms with Crippen LogP contribution in [-0.2, 0) is 4.79 Å². The summed E-state index contributed by atoms with van der Waals surface area (Å²) in [4.78, 5) is 10.1. The Kier molecular flexibility index (Phi) is 20.1. The fourth-order valence-corrected chi connectivity index (χ4v) is 0.523. The Morgan fingerprint density at radius 3 is 2.08 bits per heavy atom. The van der Waals surface area contributed by atoms with Gasteiger partial charge in [0.15, 0.2) is 0 Å². The molecule has 1 aliphatic rings. The first-order valence-electron chi connectivity index (χ1n) is 2.48. The third-order valence-corrected chi connectivity index (χ3v) is 0.954. The molecule has 0 aromatic rings. The summed E-state index contributed by atoms with van der Waals surface area (Å²) in [6.45, 7) is 0. The Morgan fingerprint density at radius 2 is 1.85 bits per heavy atom. The number of carboxylic acid groups (broad SMARTS) is 1. The van der Waals surface area contributed by atoms with Crippen molar-refractivity contribution >= 4 is 30.4 Å². The molecule has 5 N–H and O–H groups in total. The number of allylic oxidation sites excluding steroid dienone is 2. The molecule has 5 nitrogen and oxygen atoms in total. The molecule has 0 saturated heterocycles. The van der Waals surface area contributed by atoms with Crippen molar-refractivity contribution in [1.82, 2.24) is 0 Å². The topological polar surface area (TPSA) is 133 Å². The van der Waals surface area contributed by atoms with Crippen molar-refractivity contribution in [3.63, 3.8) is 0 Å². The first-order valence-corrected chi connectivity index (χ1v) is 2.48. The van der Waals surface area contributed by atoms with E-state index in [2.05, 4.69) is 5.73 Å². The van der Waals surface area contributed by atoms with Crippen LogP contribution in [0, 0.1) is 6.42 Å². The molecular weight excluding hydrogens is 286 g/mol. The van der Waals surface area contributed by atoms with Gasteiger partial charge in [-0.1, -0.05) is 0 Å². The number of rotatable bonds is 1. The van der Waals surface area contributed by atoms with Gasteiger partial charge in [-0.25, -0.2) is 0 Å². The third kappa shape index (κ3) is 7.78. The molecule has 0 atom stereocenters. The Balaban J connectivity index is -0.000000101. The number of aliphatic carboxylic acids is 1. The summed E-state index contributed by atoms with van der Waals surface area (Å²) in [5.74, 6) is -1.15. The second-order valence-electron chi connectivity index (χ2n) is 1.58. The van der Waals surface area contributed by atoms with Gasteiger partial charge in [-0.2, -0.15) is 0 Å². The zero-order valence-corrected chi connectivity index (χ0v) is 9.07. The molecule has 0 spiro atoms. The molecule has 0 fully saturated rings. The summed E-state index contributed by atoms with van der Waals surface area (Å²) in [5.41, 5.74) is 2.89. The summed E-state index contributed by atoms with van der Waals surface area (Å²) >= 11 is 0. The number of carboxylic acids is 1. The molecule has 0 saturated carbocycles. The maximum atomic E-state index is 10.1. The van der Waals surface area contributed by atoms with Crippen molar-refractivity contribution < 1.29 is 26.3 Å². The quantitative estimate of drug-likeness (QED) is 0.387. The van der Waals surface area contributed by atoms with Crippen LogP contribution < -0.4 is 5.11 Å². The van der Waals surface area contributed by atoms with Crippen LogP contribution in [0.25, 0.3) is 0 Å². The van der Waals surface area contributed by atoms with Crippen LogP contribution in [-0.4, -0.2) is 46.8 Å². The Hall–Kier alpha value is -0.572. The standard InChI is InChI=1S/C7H5O2.3H2O.Sb/c8-7(9)6-4-2-1-3-5-6;;;;/h2-5H,(H,8,9);3*1H2;/p-2. The van der Waals surface area contributed by atoms with Crippen LogP contribution in [0.3, 0.4) is 0 Å². The van der Waals surface area contributed by atoms with Gasteiger partial charge in [0, 0.05) is 30.8 Å². The van der Waals surface area contributed by atoms with Crippen LogP contribution in [0.15, 0.2) is 29.5 Å². The van der Waals surface area contributed by atoms with Crippen LogP contribution in [0.1, 0.15) is 0 Å². The molecule has 4 radical (unpaired) electrons. The predicted octanol–water partition coefficient (Wildman–Crippen LogP) is -2.62. The molecule has 0 aromatic heterocycles. The molecule has 13 heavy (non-hydrogen) atoms. The Bertz CT molecular complexity index is 227. The van der Waals surface area contributed by atoms with Gasteiger partial charge in [0.25, 0.3) is 0 Å². The fourth-order valence-electron chi connectivity index (χ4n) is 0.523. The van der Waals surface area contributed by atoms with E-state index < -0.39 is 5.97 Å². The summed E-state index contributed by atoms with van der Waals surface area (Å²) in [6.07, 6.45) is 5.95. The van der Waals surface area contributed by atoms with Gasteiger partial charge in [-0.3, -0.25) is 0 Å². The van der Waals surface area contributed by atoms with Crippen molar-refractivity contribution in [3.05, 3.63) is 36.0 Å². The van der Waals surface area contributed by atoms with Gasteiger partial charge in [-0.15, -0.1) is 5.73 Å². The van der Waals surface area contributed by atoms with E-state index in [0.717, 1.165) is 0 Å². The zero-order valence-electron chi connectivity index (χ0n) is 6.52. The van der Waals surface area contributed by atoms with Crippen LogP contribution in [0.4, 0.5) is 0 Å². The second kappa shape index (κ2) is 11.4. The van der Waals surface area contributed by atoms with Crippen molar-refractivity contribution in [2.24, 2.45) is 0 Å². The van der Waals surface area contributed by atoms with E-state index in [9.17, 15) is 9.90 Å². The molecule has 1 aliphatic carbocycles. The van der Waals surface area contributed by atoms with Crippen LogP contribution in [0.5, 0.6) is 0 Å². The molecular formula is C7H9O5Sb-2. The van der Waals surface area contributed by atoms with E-state index in [1.807, 2.05) is 0 Å². The van der Waals surface area contributed by atoms with E-state index in [1.54, 1.807) is 0 Å². The Morgan fingerprint density at radius 1 is 1.31 bits per heavy atom. The first-order chi connectivity index (χ1) is 4.30. The Labute approximate surface area is 92.8 Å². The van der Waals surface area contributed by atoms with E-state index in [4.69, 9.17) is 0 Å². The minimum Gasteiger partial charge on any atom is -0.870 e. The largest absolute Gasteiger partial charge is 0.870 e. The third-order valence-electron chi connectivity index (χ3n) is 0.954. The molecule has 1 rings (SSSR count). The summed E-state index contributed by atoms with van der Waals surface area (Å²) in [6, 6.07) is 0. The molecule has 6 heteroatoms. The van der Waals surface area contributed by atoms with Gasteiger partial charge in [-0.05, 0) is 23.8 Å². The van der Waals surface area contributed by atoms with Gasteiger partial charge in [0.1, 0.15) is 0 Å². The molecule has 0 aliphatic heterocycles. The average Bonchev–Trinajstić information content (AvgIpc) is 1.90. The molecule has 0 amide bonds. The molecule has 0 heterocycles. The monoisotopic (exact) mass is 294 g/mol. The van der Waals surface area contributed by atoms with Gasteiger partial charge in [0.2, 0.25) is 0 Å². The van der Waals surface area contributed by atoms with Gasteiger partial charge >= 0.3 is 0 Å². The molecule has 0 aromatic carbocycles. The van der Waals surface area contributed by atoms with E-state index in [-0.39, 0.29) is 46.4 Å². The summed E-state index contributed by atoms with van der Waals surface area (Å²) < 4.78 is 0. The normalized spacial score (nSPS) is 10.6. The van der Waals surface area contributed by atoms with Crippen molar-refractivity contribution in [2.45, 2.75) is 0 Å². The predicted molar refractivity (Wildman–Crippen MR) is 45.0 cm³/mol. The minimum atomic E-state index is -1.15. The SMILES string of the molecule is O.O.O=C([O-])C1=CC=C=C[CH]1.[OH-].[Sb]. The molecule has 0 bridgehead atoms. The molecule has 0 unspecified atom stereocenters. The maximum Gasteiger partial charge on any atom is 0.0681 e. The zero-order chi connectivity index (χ0) is 6.69. The fraction of sp³-hybridized carbons (Fsp3) is 0. The van der Waals surface area contributed by atoms with Crippen molar-refractivity contribution in [2.75, 3.05) is 0 Å². The number of hydrogen-bond donors (Lipinski definition) is 0. The van der Waals surface area contributed by atoms with Crippen molar-refractivity contribution in [3.8, 4) is 0 Å². The number of hydrogen-bond acceptors (Lipinski definition) is 3. The summed E-state index contributed by atoms with van der Waals surface area (Å²) in [7, 11) is 0. The van der Waals surface area contributed by atoms with E-state index in [0.29, 0.717) is 0 Å². The smallest absolute Gasteiger partial charge is 0.0681 e. The number of carbonyl (C=O) groups is 1. The van der Waals surface area contributed by atoms with Crippen molar-refractivity contribution in [1.29, 1.82) is 0 Å². The first kappa shape index (κ1) is 22.9. The maximum absolute atomic E-state index is 10.1. The average molecular weight is 295 g/mol. The van der Waals surface area contributed by atoms with E-state index >= 15 is 0 Å². The number of carbonyl (C=O) groups excluding carboxylic acids is 1. The van der Waals surface area contributed by atoms with Crippen LogP contribution in [0.2, 0.25) is 0 Å². The van der Waals surface area contributed by atoms with E-state index in [1.165, 1.54) is 24.6 Å².